The highest BCUT2D eigenvalue weighted by atomic mass is 19.1. The van der Waals surface area contributed by atoms with E-state index in [1.165, 1.54) is 24.9 Å². The Morgan fingerprint density at radius 2 is 1.95 bits per heavy atom. The van der Waals surface area contributed by atoms with Gasteiger partial charge in [0.2, 0.25) is 5.91 Å². The van der Waals surface area contributed by atoms with Crippen molar-refractivity contribution in [1.29, 1.82) is 0 Å². The van der Waals surface area contributed by atoms with Gasteiger partial charge in [0.05, 0.1) is 5.41 Å². The topological polar surface area (TPSA) is 57.6 Å². The maximum atomic E-state index is 13.8. The summed E-state index contributed by atoms with van der Waals surface area (Å²) in [5.41, 5.74) is -0.506. The molecule has 2 rings (SSSR count). The van der Waals surface area contributed by atoms with E-state index in [9.17, 15) is 14.0 Å². The van der Waals surface area contributed by atoms with Crippen LogP contribution in [0, 0.1) is 5.82 Å². The smallest absolute Gasteiger partial charge is 0.326 e. The average Bonchev–Trinajstić information content (AvgIpc) is 3.18. The Kier molecular flexibility index (Phi) is 3.30. The van der Waals surface area contributed by atoms with Gasteiger partial charge in [0, 0.05) is 12.6 Å². The van der Waals surface area contributed by atoms with Gasteiger partial charge in [0.15, 0.2) is 0 Å². The number of likely N-dealkylation sites (N-methyl/N-ethyl adjacent to an activating group) is 1. The van der Waals surface area contributed by atoms with Gasteiger partial charge in [-0.2, -0.15) is 0 Å². The number of hydrogen-bond acceptors (Lipinski definition) is 2. The van der Waals surface area contributed by atoms with Gasteiger partial charge in [-0.05, 0) is 25.8 Å². The van der Waals surface area contributed by atoms with Crippen molar-refractivity contribution in [2.75, 3.05) is 7.05 Å². The average molecular weight is 265 g/mol. The van der Waals surface area contributed by atoms with Crippen molar-refractivity contribution in [3.05, 3.63) is 35.6 Å². The summed E-state index contributed by atoms with van der Waals surface area (Å²) in [5.74, 6) is -1.81. The van der Waals surface area contributed by atoms with Gasteiger partial charge in [0.1, 0.15) is 11.9 Å². The molecule has 0 spiro atoms. The summed E-state index contributed by atoms with van der Waals surface area (Å²) in [6, 6.07) is 5.26. The number of amides is 1. The zero-order chi connectivity index (χ0) is 14.2. The van der Waals surface area contributed by atoms with Crippen LogP contribution >= 0.6 is 0 Å². The molecule has 1 fully saturated rings. The van der Waals surface area contributed by atoms with Crippen LogP contribution in [-0.2, 0) is 15.0 Å². The zero-order valence-corrected chi connectivity index (χ0v) is 10.9. The fourth-order valence-corrected chi connectivity index (χ4v) is 2.25. The van der Waals surface area contributed by atoms with E-state index in [1.54, 1.807) is 18.2 Å². The third-order valence-corrected chi connectivity index (χ3v) is 3.81. The van der Waals surface area contributed by atoms with E-state index in [2.05, 4.69) is 0 Å². The number of halogens is 1. The Balaban J connectivity index is 2.29. The number of carboxylic acids is 1. The minimum absolute atomic E-state index is 0.326. The van der Waals surface area contributed by atoms with Crippen LogP contribution in [0.15, 0.2) is 24.3 Å². The van der Waals surface area contributed by atoms with Crippen molar-refractivity contribution in [2.45, 2.75) is 31.2 Å². The van der Waals surface area contributed by atoms with Gasteiger partial charge < -0.3 is 10.0 Å². The van der Waals surface area contributed by atoms with Crippen molar-refractivity contribution in [1.82, 2.24) is 4.90 Å². The largest absolute Gasteiger partial charge is 0.480 e. The minimum atomic E-state index is -1.07. The molecule has 1 atom stereocenters. The van der Waals surface area contributed by atoms with Crippen LogP contribution in [0.5, 0.6) is 0 Å². The van der Waals surface area contributed by atoms with Gasteiger partial charge in [-0.25, -0.2) is 9.18 Å². The molecule has 1 saturated carbocycles. The van der Waals surface area contributed by atoms with Crippen LogP contribution in [0.1, 0.15) is 25.3 Å². The number of benzene rings is 1. The van der Waals surface area contributed by atoms with Crippen LogP contribution < -0.4 is 0 Å². The molecule has 0 aromatic heterocycles. The van der Waals surface area contributed by atoms with Crippen LogP contribution in [-0.4, -0.2) is 35.0 Å². The molecule has 1 aliphatic rings. The highest BCUT2D eigenvalue weighted by molar-refractivity contribution is 5.93. The maximum Gasteiger partial charge on any atom is 0.326 e. The monoisotopic (exact) mass is 265 g/mol. The highest BCUT2D eigenvalue weighted by Gasteiger charge is 2.54. The number of carboxylic acid groups (broad SMARTS) is 1. The number of carbonyl (C=O) groups is 2. The SMILES string of the molecule is C[C@@H](C(=O)O)N(C)C(=O)C1(c2ccccc2F)CC1. The van der Waals surface area contributed by atoms with Gasteiger partial charge in [-0.3, -0.25) is 4.79 Å². The molecule has 1 aromatic carbocycles. The summed E-state index contributed by atoms with van der Waals surface area (Å²) in [4.78, 5) is 24.5. The van der Waals surface area contributed by atoms with Crippen molar-refractivity contribution in [2.24, 2.45) is 0 Å². The van der Waals surface area contributed by atoms with Crippen molar-refractivity contribution >= 4 is 11.9 Å². The molecule has 1 aliphatic carbocycles. The Morgan fingerprint density at radius 1 is 1.37 bits per heavy atom. The molecule has 0 radical (unpaired) electrons. The molecule has 0 aliphatic heterocycles. The lowest BCUT2D eigenvalue weighted by atomic mass is 9.93. The quantitative estimate of drug-likeness (QED) is 0.903. The Bertz CT molecular complexity index is 525. The fraction of sp³-hybridized carbons (Fsp3) is 0.429. The second-order valence-corrected chi connectivity index (χ2v) is 4.99. The third kappa shape index (κ3) is 2.20. The predicted octanol–water partition coefficient (Wildman–Crippen LogP) is 1.79. The molecule has 0 saturated heterocycles. The molecule has 4 nitrogen and oxygen atoms in total. The number of carbonyl (C=O) groups excluding carboxylic acids is 1. The molecule has 0 bridgehead atoms. The Morgan fingerprint density at radius 3 is 2.42 bits per heavy atom. The minimum Gasteiger partial charge on any atom is -0.480 e. The summed E-state index contributed by atoms with van der Waals surface area (Å²) in [5, 5.41) is 8.94. The number of rotatable bonds is 4. The molecular weight excluding hydrogens is 249 g/mol. The zero-order valence-electron chi connectivity index (χ0n) is 10.9. The third-order valence-electron chi connectivity index (χ3n) is 3.81. The molecular formula is C14H16FNO3. The first-order valence-electron chi connectivity index (χ1n) is 6.15. The molecule has 5 heteroatoms. The summed E-state index contributed by atoms with van der Waals surface area (Å²) < 4.78 is 13.8. The highest BCUT2D eigenvalue weighted by Crippen LogP contribution is 2.50. The first-order valence-corrected chi connectivity index (χ1v) is 6.15. The van der Waals surface area contributed by atoms with Crippen LogP contribution in [0.3, 0.4) is 0 Å². The lowest BCUT2D eigenvalue weighted by Gasteiger charge is -2.27. The molecule has 1 N–H and O–H groups in total. The molecule has 0 unspecified atom stereocenters. The predicted molar refractivity (Wildman–Crippen MR) is 67.2 cm³/mol. The van der Waals surface area contributed by atoms with Crippen molar-refractivity contribution in [3.8, 4) is 0 Å². The van der Waals surface area contributed by atoms with Crippen LogP contribution in [0.4, 0.5) is 4.39 Å². The van der Waals surface area contributed by atoms with Gasteiger partial charge in [-0.15, -0.1) is 0 Å². The second kappa shape index (κ2) is 4.64. The van der Waals surface area contributed by atoms with Gasteiger partial charge in [-0.1, -0.05) is 18.2 Å². The standard InChI is InChI=1S/C14H16FNO3/c1-9(12(17)18)16(2)13(19)14(7-8-14)10-5-3-4-6-11(10)15/h3-6,9H,7-8H2,1-2H3,(H,17,18)/t9-/m0/s1. The molecule has 0 heterocycles. The van der Waals surface area contributed by atoms with Gasteiger partial charge in [0.25, 0.3) is 0 Å². The Hall–Kier alpha value is -1.91. The normalized spacial score (nSPS) is 17.6. The summed E-state index contributed by atoms with van der Waals surface area (Å²) in [7, 11) is 1.45. The fourth-order valence-electron chi connectivity index (χ4n) is 2.25. The van der Waals surface area contributed by atoms with Crippen molar-refractivity contribution in [3.63, 3.8) is 0 Å². The lowest BCUT2D eigenvalue weighted by molar-refractivity contribution is -0.149. The summed E-state index contributed by atoms with van der Waals surface area (Å²) >= 11 is 0. The van der Waals surface area contributed by atoms with E-state index in [0.717, 1.165) is 0 Å². The molecule has 1 amide bonds. The van der Waals surface area contributed by atoms with E-state index in [-0.39, 0.29) is 5.91 Å². The molecule has 19 heavy (non-hydrogen) atoms. The first kappa shape index (κ1) is 13.5. The molecule has 1 aromatic rings. The van der Waals surface area contributed by atoms with E-state index >= 15 is 0 Å². The van der Waals surface area contributed by atoms with E-state index in [0.29, 0.717) is 18.4 Å². The van der Waals surface area contributed by atoms with E-state index in [1.807, 2.05) is 0 Å². The van der Waals surface area contributed by atoms with E-state index < -0.39 is 23.2 Å². The van der Waals surface area contributed by atoms with Crippen LogP contribution in [0.2, 0.25) is 0 Å². The lowest BCUT2D eigenvalue weighted by Crippen LogP contribution is -2.45. The number of aliphatic carboxylic acids is 1. The van der Waals surface area contributed by atoms with Crippen LogP contribution in [0.25, 0.3) is 0 Å². The number of nitrogens with zero attached hydrogens (tertiary/aromatic N) is 1. The van der Waals surface area contributed by atoms with Crippen molar-refractivity contribution < 1.29 is 19.1 Å². The van der Waals surface area contributed by atoms with E-state index in [4.69, 9.17) is 5.11 Å². The molecule has 102 valence electrons. The number of hydrogen-bond donors (Lipinski definition) is 1. The first-order chi connectivity index (χ1) is 8.90. The Labute approximate surface area is 110 Å². The summed E-state index contributed by atoms with van der Waals surface area (Å²) in [6.07, 6.45) is 1.12. The summed E-state index contributed by atoms with van der Waals surface area (Å²) in [6.45, 7) is 1.44. The maximum absolute atomic E-state index is 13.8. The second-order valence-electron chi connectivity index (χ2n) is 4.99. The van der Waals surface area contributed by atoms with Gasteiger partial charge >= 0.3 is 5.97 Å².